The molecule has 0 N–H and O–H groups in total. The lowest BCUT2D eigenvalue weighted by molar-refractivity contribution is 0.901. The number of pyridine rings is 1. The summed E-state index contributed by atoms with van der Waals surface area (Å²) in [5.74, 6) is 0. The van der Waals surface area contributed by atoms with Crippen molar-refractivity contribution in [1.29, 1.82) is 0 Å². The van der Waals surface area contributed by atoms with Crippen molar-refractivity contribution in [2.24, 2.45) is 4.99 Å². The van der Waals surface area contributed by atoms with Crippen LogP contribution < -0.4 is 0 Å². The maximum atomic E-state index is 4.81. The van der Waals surface area contributed by atoms with Gasteiger partial charge in [-0.25, -0.2) is 0 Å². The molecule has 0 saturated carbocycles. The van der Waals surface area contributed by atoms with E-state index in [-0.39, 0.29) is 0 Å². The number of aliphatic imine (C=N–C) groups is 1. The highest BCUT2D eigenvalue weighted by Crippen LogP contribution is 2.35. The van der Waals surface area contributed by atoms with Crippen LogP contribution in [-0.4, -0.2) is 11.2 Å². The molecule has 1 aromatic heterocycles. The predicted molar refractivity (Wildman–Crippen MR) is 87.5 cm³/mol. The first-order chi connectivity index (χ1) is 10.4. The van der Waals surface area contributed by atoms with Crippen molar-refractivity contribution in [3.8, 4) is 0 Å². The van der Waals surface area contributed by atoms with E-state index in [2.05, 4.69) is 30.3 Å². The van der Waals surface area contributed by atoms with Gasteiger partial charge in [-0.2, -0.15) is 0 Å². The summed E-state index contributed by atoms with van der Waals surface area (Å²) in [7, 11) is 0. The van der Waals surface area contributed by atoms with Gasteiger partial charge in [-0.05, 0) is 36.5 Å². The molecule has 21 heavy (non-hydrogen) atoms. The van der Waals surface area contributed by atoms with E-state index in [1.54, 1.807) is 0 Å². The van der Waals surface area contributed by atoms with Gasteiger partial charge in [-0.1, -0.05) is 48.5 Å². The van der Waals surface area contributed by atoms with E-state index in [1.807, 2.05) is 30.5 Å². The van der Waals surface area contributed by atoms with Gasteiger partial charge in [0.25, 0.3) is 0 Å². The molecular weight excluding hydrogens is 256 g/mol. The summed E-state index contributed by atoms with van der Waals surface area (Å²) in [6, 6.07) is 18.6. The molecule has 0 aliphatic heterocycles. The summed E-state index contributed by atoms with van der Waals surface area (Å²) in [4.78, 5) is 9.61. The van der Waals surface area contributed by atoms with Gasteiger partial charge in [0.15, 0.2) is 0 Å². The Labute approximate surface area is 124 Å². The summed E-state index contributed by atoms with van der Waals surface area (Å²) in [6.07, 6.45) is 5.32. The van der Waals surface area contributed by atoms with Gasteiger partial charge in [-0.15, -0.1) is 0 Å². The summed E-state index contributed by atoms with van der Waals surface area (Å²) < 4.78 is 0. The Morgan fingerprint density at radius 2 is 1.71 bits per heavy atom. The maximum absolute atomic E-state index is 4.81. The highest BCUT2D eigenvalue weighted by atomic mass is 14.8. The van der Waals surface area contributed by atoms with Crippen molar-refractivity contribution in [1.82, 2.24) is 4.98 Å². The van der Waals surface area contributed by atoms with Crippen molar-refractivity contribution >= 4 is 22.8 Å². The largest absolute Gasteiger partial charge is 0.255 e. The fraction of sp³-hybridized carbons (Fsp3) is 0.158. The third-order valence-electron chi connectivity index (χ3n) is 4.03. The second-order valence-corrected chi connectivity index (χ2v) is 5.43. The Kier molecular flexibility index (Phi) is 3.00. The van der Waals surface area contributed by atoms with Gasteiger partial charge in [0.1, 0.15) is 0 Å². The lowest BCUT2D eigenvalue weighted by Crippen LogP contribution is -1.91. The highest BCUT2D eigenvalue weighted by Gasteiger charge is 2.18. The number of hydrogen-bond donors (Lipinski definition) is 0. The Balaban J connectivity index is 1.89. The topological polar surface area (TPSA) is 25.2 Å². The van der Waals surface area contributed by atoms with E-state index in [9.17, 15) is 0 Å². The number of aromatic nitrogens is 1. The monoisotopic (exact) mass is 272 g/mol. The number of rotatable bonds is 2. The molecule has 0 saturated heterocycles. The minimum Gasteiger partial charge on any atom is -0.255 e. The number of hydrogen-bond acceptors (Lipinski definition) is 2. The summed E-state index contributed by atoms with van der Waals surface area (Å²) in [5.41, 5.74) is 5.86. The minimum absolute atomic E-state index is 1.05. The number of aryl methyl sites for hydroxylation is 1. The standard InChI is InChI=1S/C19H16N2/c1-2-7-14(8-3-1)13-20-19-15-9-4-5-11-17(15)21-18-12-6-10-16(18)19/h1-5,7-9,11,13H,6,10,12H2. The normalized spacial score (nSPS) is 13.9. The molecule has 2 aromatic carbocycles. The zero-order valence-corrected chi connectivity index (χ0v) is 11.8. The number of benzene rings is 2. The average Bonchev–Trinajstić information content (AvgIpc) is 3.00. The highest BCUT2D eigenvalue weighted by molar-refractivity contribution is 5.95. The van der Waals surface area contributed by atoms with Gasteiger partial charge >= 0.3 is 0 Å². The molecule has 3 aromatic rings. The van der Waals surface area contributed by atoms with Crippen molar-refractivity contribution in [2.45, 2.75) is 19.3 Å². The molecule has 2 nitrogen and oxygen atoms in total. The zero-order chi connectivity index (χ0) is 14.1. The van der Waals surface area contributed by atoms with Gasteiger partial charge in [-0.3, -0.25) is 9.98 Å². The first-order valence-electron chi connectivity index (χ1n) is 7.41. The zero-order valence-electron chi connectivity index (χ0n) is 11.8. The van der Waals surface area contributed by atoms with Crippen molar-refractivity contribution in [3.63, 3.8) is 0 Å². The van der Waals surface area contributed by atoms with E-state index in [0.29, 0.717) is 0 Å². The molecule has 0 amide bonds. The summed E-state index contributed by atoms with van der Waals surface area (Å²) >= 11 is 0. The minimum atomic E-state index is 1.05. The predicted octanol–water partition coefficient (Wildman–Crippen LogP) is 4.47. The molecule has 0 unspecified atom stereocenters. The maximum Gasteiger partial charge on any atom is 0.0774 e. The second-order valence-electron chi connectivity index (χ2n) is 5.43. The van der Waals surface area contributed by atoms with E-state index in [0.717, 1.165) is 35.0 Å². The number of fused-ring (bicyclic) bond motifs is 2. The lowest BCUT2D eigenvalue weighted by Gasteiger charge is -2.08. The molecule has 1 aliphatic rings. The molecule has 0 fully saturated rings. The van der Waals surface area contributed by atoms with Gasteiger partial charge in [0.05, 0.1) is 11.2 Å². The Bertz CT molecular complexity index is 820. The van der Waals surface area contributed by atoms with Crippen LogP contribution in [0.5, 0.6) is 0 Å². The molecule has 0 spiro atoms. The Hall–Kier alpha value is -2.48. The molecule has 4 rings (SSSR count). The van der Waals surface area contributed by atoms with Crippen molar-refractivity contribution in [3.05, 3.63) is 71.4 Å². The second kappa shape index (κ2) is 5.13. The van der Waals surface area contributed by atoms with Crippen molar-refractivity contribution < 1.29 is 0 Å². The van der Waals surface area contributed by atoms with Crippen LogP contribution in [0.2, 0.25) is 0 Å². The van der Waals surface area contributed by atoms with Crippen LogP contribution in [0.1, 0.15) is 23.2 Å². The SMILES string of the molecule is C(=Nc1c2c(nc3ccccc13)CCC2)c1ccccc1. The third kappa shape index (κ3) is 2.23. The molecule has 0 radical (unpaired) electrons. The van der Waals surface area contributed by atoms with E-state index in [4.69, 9.17) is 9.98 Å². The van der Waals surface area contributed by atoms with Gasteiger partial charge in [0, 0.05) is 17.3 Å². The van der Waals surface area contributed by atoms with E-state index in [1.165, 1.54) is 17.7 Å². The average molecular weight is 272 g/mol. The fourth-order valence-electron chi connectivity index (χ4n) is 3.01. The number of para-hydroxylation sites is 1. The van der Waals surface area contributed by atoms with Crippen LogP contribution in [0.3, 0.4) is 0 Å². The first kappa shape index (κ1) is 12.3. The quantitative estimate of drug-likeness (QED) is 0.632. The van der Waals surface area contributed by atoms with Crippen LogP contribution in [0.15, 0.2) is 59.6 Å². The summed E-state index contributed by atoms with van der Waals surface area (Å²) in [5, 5.41) is 1.16. The van der Waals surface area contributed by atoms with Crippen molar-refractivity contribution in [2.75, 3.05) is 0 Å². The Morgan fingerprint density at radius 3 is 2.62 bits per heavy atom. The summed E-state index contributed by atoms with van der Waals surface area (Å²) in [6.45, 7) is 0. The molecule has 1 heterocycles. The molecule has 0 bridgehead atoms. The smallest absolute Gasteiger partial charge is 0.0774 e. The Morgan fingerprint density at radius 1 is 0.905 bits per heavy atom. The van der Waals surface area contributed by atoms with E-state index < -0.39 is 0 Å². The van der Waals surface area contributed by atoms with Crippen LogP contribution in [0, 0.1) is 0 Å². The molecule has 1 aliphatic carbocycles. The molecule has 0 atom stereocenters. The first-order valence-corrected chi connectivity index (χ1v) is 7.41. The van der Waals surface area contributed by atoms with Crippen LogP contribution in [-0.2, 0) is 12.8 Å². The molecule has 102 valence electrons. The van der Waals surface area contributed by atoms with Crippen LogP contribution in [0.4, 0.5) is 5.69 Å². The van der Waals surface area contributed by atoms with Gasteiger partial charge in [0.2, 0.25) is 0 Å². The van der Waals surface area contributed by atoms with E-state index >= 15 is 0 Å². The van der Waals surface area contributed by atoms with Gasteiger partial charge < -0.3 is 0 Å². The molecule has 2 heteroatoms. The molecular formula is C19H16N2. The fourth-order valence-corrected chi connectivity index (χ4v) is 3.01. The van der Waals surface area contributed by atoms with Crippen LogP contribution in [0.25, 0.3) is 10.9 Å². The lowest BCUT2D eigenvalue weighted by atomic mass is 10.1. The van der Waals surface area contributed by atoms with Crippen LogP contribution >= 0.6 is 0 Å². The number of nitrogens with zero attached hydrogens (tertiary/aromatic N) is 2. The third-order valence-corrected chi connectivity index (χ3v) is 4.03.